The molecule has 2 N–H and O–H groups in total. The van der Waals surface area contributed by atoms with Crippen molar-refractivity contribution in [3.05, 3.63) is 47.8 Å². The molecule has 31 heavy (non-hydrogen) atoms. The molecular formula is C22H25N5O4. The lowest BCUT2D eigenvalue weighted by Gasteiger charge is -2.13. The maximum atomic E-state index is 9.17. The summed E-state index contributed by atoms with van der Waals surface area (Å²) in [6.45, 7) is 0.548. The third-order valence-corrected chi connectivity index (χ3v) is 5.02. The van der Waals surface area contributed by atoms with Crippen LogP contribution in [0, 0.1) is 0 Å². The van der Waals surface area contributed by atoms with Gasteiger partial charge in [-0.2, -0.15) is 4.52 Å². The Bertz CT molecular complexity index is 1210. The number of para-hydroxylation sites is 1. The Morgan fingerprint density at radius 2 is 1.84 bits per heavy atom. The van der Waals surface area contributed by atoms with Crippen LogP contribution < -0.4 is 19.5 Å². The van der Waals surface area contributed by atoms with Gasteiger partial charge in [0.25, 0.3) is 0 Å². The summed E-state index contributed by atoms with van der Waals surface area (Å²) in [5, 5.41) is 18.0. The number of ether oxygens (including phenoxy) is 3. The number of aryl methyl sites for hydroxylation is 1. The van der Waals surface area contributed by atoms with E-state index in [2.05, 4.69) is 15.4 Å². The van der Waals surface area contributed by atoms with Gasteiger partial charge in [0, 0.05) is 36.6 Å². The molecule has 0 saturated carbocycles. The van der Waals surface area contributed by atoms with Crippen molar-refractivity contribution >= 4 is 22.5 Å². The van der Waals surface area contributed by atoms with Crippen LogP contribution in [0.1, 0.15) is 17.8 Å². The van der Waals surface area contributed by atoms with Crippen LogP contribution in [-0.4, -0.2) is 52.6 Å². The van der Waals surface area contributed by atoms with Crippen molar-refractivity contribution < 1.29 is 19.3 Å². The first-order valence-corrected chi connectivity index (χ1v) is 9.96. The Kier molecular flexibility index (Phi) is 6.03. The van der Waals surface area contributed by atoms with Gasteiger partial charge in [-0.05, 0) is 30.7 Å². The molecule has 0 spiro atoms. The number of hydrogen-bond donors (Lipinski definition) is 2. The molecule has 0 amide bonds. The van der Waals surface area contributed by atoms with E-state index in [4.69, 9.17) is 24.3 Å². The average Bonchev–Trinajstić information content (AvgIpc) is 3.25. The molecule has 4 rings (SSSR count). The second-order valence-corrected chi connectivity index (χ2v) is 6.91. The molecule has 4 aromatic rings. The summed E-state index contributed by atoms with van der Waals surface area (Å²) >= 11 is 0. The van der Waals surface area contributed by atoms with Crippen LogP contribution in [0.4, 0.5) is 5.95 Å². The van der Waals surface area contributed by atoms with Gasteiger partial charge < -0.3 is 24.6 Å². The van der Waals surface area contributed by atoms with E-state index in [1.807, 2.05) is 36.4 Å². The molecule has 0 bridgehead atoms. The van der Waals surface area contributed by atoms with Crippen LogP contribution in [0.25, 0.3) is 16.6 Å². The number of aliphatic hydroxyl groups excluding tert-OH is 1. The van der Waals surface area contributed by atoms with E-state index < -0.39 is 0 Å². The highest BCUT2D eigenvalue weighted by Crippen LogP contribution is 2.29. The minimum Gasteiger partial charge on any atom is -0.497 e. The van der Waals surface area contributed by atoms with Crippen molar-refractivity contribution in [3.63, 3.8) is 0 Å². The van der Waals surface area contributed by atoms with Gasteiger partial charge in [-0.3, -0.25) is 0 Å². The lowest BCUT2D eigenvalue weighted by Crippen LogP contribution is -2.09. The number of anilines is 1. The molecule has 9 nitrogen and oxygen atoms in total. The van der Waals surface area contributed by atoms with Crippen LogP contribution >= 0.6 is 0 Å². The molecule has 2 aromatic heterocycles. The first-order valence-electron chi connectivity index (χ1n) is 9.96. The predicted molar refractivity (Wildman–Crippen MR) is 117 cm³/mol. The molecular weight excluding hydrogens is 398 g/mol. The molecule has 0 saturated heterocycles. The van der Waals surface area contributed by atoms with Crippen molar-refractivity contribution in [1.29, 1.82) is 0 Å². The molecule has 0 aliphatic rings. The Morgan fingerprint density at radius 3 is 2.58 bits per heavy atom. The van der Waals surface area contributed by atoms with Crippen molar-refractivity contribution in [2.75, 3.05) is 33.3 Å². The highest BCUT2D eigenvalue weighted by molar-refractivity contribution is 5.95. The second kappa shape index (κ2) is 9.05. The molecule has 0 radical (unpaired) electrons. The van der Waals surface area contributed by atoms with Crippen LogP contribution in [-0.2, 0) is 13.0 Å². The first kappa shape index (κ1) is 20.7. The zero-order valence-electron chi connectivity index (χ0n) is 17.8. The second-order valence-electron chi connectivity index (χ2n) is 6.91. The van der Waals surface area contributed by atoms with Crippen LogP contribution in [0.3, 0.4) is 0 Å². The quantitative estimate of drug-likeness (QED) is 0.424. The summed E-state index contributed by atoms with van der Waals surface area (Å²) in [5.41, 5.74) is 2.32. The van der Waals surface area contributed by atoms with Gasteiger partial charge in [0.05, 0.1) is 21.3 Å². The molecule has 0 aliphatic heterocycles. The topological polar surface area (TPSA) is 103 Å². The summed E-state index contributed by atoms with van der Waals surface area (Å²) in [4.78, 5) is 9.47. The smallest absolute Gasteiger partial charge is 0.226 e. The number of aliphatic hydroxyl groups is 1. The van der Waals surface area contributed by atoms with Gasteiger partial charge in [-0.25, -0.2) is 9.97 Å². The minimum absolute atomic E-state index is 0.0880. The average molecular weight is 423 g/mol. The molecule has 0 aliphatic carbocycles. The van der Waals surface area contributed by atoms with Crippen molar-refractivity contribution in [3.8, 4) is 17.2 Å². The lowest BCUT2D eigenvalue weighted by molar-refractivity contribution is 0.287. The highest BCUT2D eigenvalue weighted by atomic mass is 16.5. The Morgan fingerprint density at radius 1 is 1.00 bits per heavy atom. The number of fused-ring (bicyclic) bond motifs is 3. The van der Waals surface area contributed by atoms with Crippen molar-refractivity contribution in [2.24, 2.45) is 0 Å². The van der Waals surface area contributed by atoms with E-state index in [-0.39, 0.29) is 6.61 Å². The summed E-state index contributed by atoms with van der Waals surface area (Å²) in [5.74, 6) is 3.28. The molecule has 0 fully saturated rings. The number of nitrogens with zero attached hydrogens (tertiary/aromatic N) is 4. The van der Waals surface area contributed by atoms with Crippen molar-refractivity contribution in [1.82, 2.24) is 19.6 Å². The van der Waals surface area contributed by atoms with Gasteiger partial charge in [-0.1, -0.05) is 6.07 Å². The van der Waals surface area contributed by atoms with Crippen LogP contribution in [0.5, 0.6) is 17.2 Å². The largest absolute Gasteiger partial charge is 0.497 e. The molecule has 0 unspecified atom stereocenters. The molecule has 0 atom stereocenters. The zero-order chi connectivity index (χ0) is 21.8. The number of nitrogens with one attached hydrogen (secondary N) is 1. The van der Waals surface area contributed by atoms with E-state index in [9.17, 15) is 0 Å². The third-order valence-electron chi connectivity index (χ3n) is 5.02. The van der Waals surface area contributed by atoms with E-state index in [0.717, 1.165) is 16.7 Å². The predicted octanol–water partition coefficient (Wildman–Crippen LogP) is 2.84. The zero-order valence-corrected chi connectivity index (χ0v) is 17.8. The fourth-order valence-corrected chi connectivity index (χ4v) is 3.44. The fraction of sp³-hybridized carbons (Fsp3) is 0.318. The van der Waals surface area contributed by atoms with Gasteiger partial charge in [0.15, 0.2) is 11.5 Å². The van der Waals surface area contributed by atoms with Crippen LogP contribution in [0.15, 0.2) is 36.4 Å². The summed E-state index contributed by atoms with van der Waals surface area (Å²) in [7, 11) is 4.86. The normalized spacial score (nSPS) is 11.1. The third kappa shape index (κ3) is 4.04. The van der Waals surface area contributed by atoms with Gasteiger partial charge >= 0.3 is 0 Å². The minimum atomic E-state index is 0.0880. The Balaban J connectivity index is 1.77. The van der Waals surface area contributed by atoms with E-state index >= 15 is 0 Å². The SMILES string of the molecule is COc1ccc(CNc2nc3c(OC)cccc3c3nc(CCCO)nn23)c(OC)c1. The molecule has 162 valence electrons. The number of methoxy groups -OCH3 is 3. The maximum Gasteiger partial charge on any atom is 0.226 e. The fourth-order valence-electron chi connectivity index (χ4n) is 3.44. The number of aromatic nitrogens is 4. The molecule has 2 heterocycles. The van der Waals surface area contributed by atoms with Gasteiger partial charge in [0.1, 0.15) is 22.8 Å². The Labute approximate surface area is 179 Å². The maximum absolute atomic E-state index is 9.17. The monoisotopic (exact) mass is 423 g/mol. The van der Waals surface area contributed by atoms with E-state index in [1.165, 1.54) is 0 Å². The van der Waals surface area contributed by atoms with E-state index in [0.29, 0.717) is 53.8 Å². The Hall–Kier alpha value is -3.59. The number of rotatable bonds is 9. The van der Waals surface area contributed by atoms with Gasteiger partial charge in [-0.15, -0.1) is 5.10 Å². The lowest BCUT2D eigenvalue weighted by atomic mass is 10.2. The number of benzene rings is 2. The summed E-state index contributed by atoms with van der Waals surface area (Å²) in [6.07, 6.45) is 1.17. The first-order chi connectivity index (χ1) is 15.2. The van der Waals surface area contributed by atoms with E-state index in [1.54, 1.807) is 25.8 Å². The van der Waals surface area contributed by atoms with Crippen LogP contribution in [0.2, 0.25) is 0 Å². The standard InChI is InChI=1S/C22H25N5O4/c1-29-15-10-9-14(18(12-15)31-3)13-23-22-25-20-16(6-4-7-17(20)30-2)21-24-19(8-5-11-28)26-27(21)22/h4,6-7,9-10,12,28H,5,8,11,13H2,1-3H3,(H,23,25). The highest BCUT2D eigenvalue weighted by Gasteiger charge is 2.16. The van der Waals surface area contributed by atoms with Crippen molar-refractivity contribution in [2.45, 2.75) is 19.4 Å². The summed E-state index contributed by atoms with van der Waals surface area (Å²) < 4.78 is 18.0. The summed E-state index contributed by atoms with van der Waals surface area (Å²) in [6, 6.07) is 11.4. The van der Waals surface area contributed by atoms with Gasteiger partial charge in [0.2, 0.25) is 5.95 Å². The molecule has 9 heteroatoms. The number of hydrogen-bond acceptors (Lipinski definition) is 8. The molecule has 2 aromatic carbocycles.